The molecule has 0 amide bonds. The van der Waals surface area contributed by atoms with E-state index in [0.29, 0.717) is 28.9 Å². The molecule has 0 aromatic heterocycles. The van der Waals surface area contributed by atoms with Crippen molar-refractivity contribution in [3.05, 3.63) is 23.3 Å². The second-order valence-electron chi connectivity index (χ2n) is 5.03. The van der Waals surface area contributed by atoms with Gasteiger partial charge in [0.05, 0.1) is 4.90 Å². The fourth-order valence-corrected chi connectivity index (χ4v) is 5.69. The summed E-state index contributed by atoms with van der Waals surface area (Å²) in [5.41, 5.74) is 7.82. The predicted octanol–water partition coefficient (Wildman–Crippen LogP) is 2.01. The Hall–Kier alpha value is -0.720. The third-order valence-electron chi connectivity index (χ3n) is 3.28. The fraction of sp³-hybridized carbons (Fsp3) is 0.538. The number of aryl methyl sites for hydroxylation is 2. The van der Waals surface area contributed by atoms with Gasteiger partial charge in [-0.2, -0.15) is 16.1 Å². The first-order chi connectivity index (χ1) is 8.82. The van der Waals surface area contributed by atoms with Crippen LogP contribution in [0.25, 0.3) is 0 Å². The Kier molecular flexibility index (Phi) is 4.13. The molecule has 2 N–H and O–H groups in total. The molecule has 0 aliphatic carbocycles. The lowest BCUT2D eigenvalue weighted by Gasteiger charge is -2.30. The van der Waals surface area contributed by atoms with Crippen molar-refractivity contribution >= 4 is 27.5 Å². The van der Waals surface area contributed by atoms with E-state index in [1.807, 2.05) is 11.8 Å². The second-order valence-corrected chi connectivity index (χ2v) is 8.45. The highest BCUT2D eigenvalue weighted by Gasteiger charge is 2.31. The van der Waals surface area contributed by atoms with Crippen molar-refractivity contribution in [3.63, 3.8) is 0 Å². The topological polar surface area (TPSA) is 63.4 Å². The van der Waals surface area contributed by atoms with Gasteiger partial charge >= 0.3 is 0 Å². The fourth-order valence-electron chi connectivity index (χ4n) is 2.52. The summed E-state index contributed by atoms with van der Waals surface area (Å²) in [4.78, 5) is 0.417. The molecule has 1 aliphatic heterocycles. The SMILES string of the molecule is Cc1cc(N)cc(C)c1S(=O)(=O)N1CCSC(C)C1. The van der Waals surface area contributed by atoms with Crippen LogP contribution in [-0.4, -0.2) is 36.8 Å². The summed E-state index contributed by atoms with van der Waals surface area (Å²) in [6.07, 6.45) is 0. The number of thioether (sulfide) groups is 1. The Morgan fingerprint density at radius 3 is 2.42 bits per heavy atom. The van der Waals surface area contributed by atoms with E-state index >= 15 is 0 Å². The monoisotopic (exact) mass is 300 g/mol. The normalized spacial score (nSPS) is 21.5. The number of benzene rings is 1. The van der Waals surface area contributed by atoms with E-state index in [0.717, 1.165) is 16.9 Å². The van der Waals surface area contributed by atoms with Crippen molar-refractivity contribution < 1.29 is 8.42 Å². The van der Waals surface area contributed by atoms with Gasteiger partial charge in [0.25, 0.3) is 0 Å². The number of hydrogen-bond donors (Lipinski definition) is 1. The first kappa shape index (κ1) is 14.7. The lowest BCUT2D eigenvalue weighted by Crippen LogP contribution is -2.41. The van der Waals surface area contributed by atoms with Crippen molar-refractivity contribution in [1.29, 1.82) is 0 Å². The number of anilines is 1. The molecule has 1 aromatic rings. The number of nitrogens with two attached hydrogens (primary N) is 1. The number of rotatable bonds is 2. The average molecular weight is 300 g/mol. The zero-order valence-corrected chi connectivity index (χ0v) is 13.1. The van der Waals surface area contributed by atoms with Crippen molar-refractivity contribution in [2.24, 2.45) is 0 Å². The van der Waals surface area contributed by atoms with Crippen LogP contribution < -0.4 is 5.73 Å². The standard InChI is InChI=1S/C13H20N2O2S2/c1-9-6-12(14)7-10(2)13(9)19(16,17)15-4-5-18-11(3)8-15/h6-7,11H,4-5,8,14H2,1-3H3. The Morgan fingerprint density at radius 2 is 1.89 bits per heavy atom. The highest BCUT2D eigenvalue weighted by Crippen LogP contribution is 2.29. The van der Waals surface area contributed by atoms with Gasteiger partial charge in [0.1, 0.15) is 0 Å². The van der Waals surface area contributed by atoms with Crippen LogP contribution in [0.5, 0.6) is 0 Å². The van der Waals surface area contributed by atoms with Gasteiger partial charge in [0.15, 0.2) is 0 Å². The van der Waals surface area contributed by atoms with Crippen LogP contribution in [0.3, 0.4) is 0 Å². The van der Waals surface area contributed by atoms with E-state index in [1.165, 1.54) is 0 Å². The first-order valence-corrected chi connectivity index (χ1v) is 8.79. The Balaban J connectivity index is 2.45. The molecule has 19 heavy (non-hydrogen) atoms. The lowest BCUT2D eigenvalue weighted by atomic mass is 10.1. The molecule has 0 radical (unpaired) electrons. The third kappa shape index (κ3) is 2.90. The zero-order valence-electron chi connectivity index (χ0n) is 11.5. The Bertz CT molecular complexity index is 561. The first-order valence-electron chi connectivity index (χ1n) is 6.31. The molecule has 0 bridgehead atoms. The van der Waals surface area contributed by atoms with Crippen molar-refractivity contribution in [3.8, 4) is 0 Å². The molecule has 1 saturated heterocycles. The highest BCUT2D eigenvalue weighted by atomic mass is 32.2. The lowest BCUT2D eigenvalue weighted by molar-refractivity contribution is 0.423. The summed E-state index contributed by atoms with van der Waals surface area (Å²) in [7, 11) is -3.41. The van der Waals surface area contributed by atoms with Crippen LogP contribution in [0.1, 0.15) is 18.1 Å². The number of nitrogen functional groups attached to an aromatic ring is 1. The van der Waals surface area contributed by atoms with E-state index < -0.39 is 10.0 Å². The summed E-state index contributed by atoms with van der Waals surface area (Å²) in [6.45, 7) is 6.84. The van der Waals surface area contributed by atoms with Gasteiger partial charge < -0.3 is 5.73 Å². The molecule has 1 atom stereocenters. The third-order valence-corrected chi connectivity index (χ3v) is 6.59. The van der Waals surface area contributed by atoms with Crippen molar-refractivity contribution in [2.75, 3.05) is 24.6 Å². The molecule has 0 spiro atoms. The summed E-state index contributed by atoms with van der Waals surface area (Å²) in [5.74, 6) is 0.855. The Morgan fingerprint density at radius 1 is 1.32 bits per heavy atom. The maximum Gasteiger partial charge on any atom is 0.243 e. The Labute approximate surface area is 119 Å². The van der Waals surface area contributed by atoms with Gasteiger partial charge in [0.2, 0.25) is 10.0 Å². The van der Waals surface area contributed by atoms with Gasteiger partial charge in [-0.25, -0.2) is 8.42 Å². The number of nitrogens with zero attached hydrogens (tertiary/aromatic N) is 1. The van der Waals surface area contributed by atoms with Gasteiger partial charge in [0, 0.05) is 29.8 Å². The van der Waals surface area contributed by atoms with Gasteiger partial charge in [-0.3, -0.25) is 0 Å². The second kappa shape index (κ2) is 5.34. The number of hydrogen-bond acceptors (Lipinski definition) is 4. The zero-order chi connectivity index (χ0) is 14.2. The minimum Gasteiger partial charge on any atom is -0.399 e. The van der Waals surface area contributed by atoms with Gasteiger partial charge in [-0.1, -0.05) is 6.92 Å². The minimum atomic E-state index is -3.41. The quantitative estimate of drug-likeness (QED) is 0.849. The smallest absolute Gasteiger partial charge is 0.243 e. The molecule has 1 fully saturated rings. The van der Waals surface area contributed by atoms with Crippen molar-refractivity contribution in [1.82, 2.24) is 4.31 Å². The van der Waals surface area contributed by atoms with Crippen LogP contribution in [0, 0.1) is 13.8 Å². The summed E-state index contributed by atoms with van der Waals surface area (Å²) < 4.78 is 27.1. The maximum atomic E-state index is 12.8. The molecular weight excluding hydrogens is 280 g/mol. The van der Waals surface area contributed by atoms with Crippen LogP contribution >= 0.6 is 11.8 Å². The molecule has 1 unspecified atom stereocenters. The van der Waals surface area contributed by atoms with Crippen LogP contribution in [-0.2, 0) is 10.0 Å². The largest absolute Gasteiger partial charge is 0.399 e. The van der Waals surface area contributed by atoms with E-state index in [9.17, 15) is 8.42 Å². The molecule has 1 aromatic carbocycles. The minimum absolute atomic E-state index is 0.345. The highest BCUT2D eigenvalue weighted by molar-refractivity contribution is 8.00. The number of sulfonamides is 1. The molecule has 1 aliphatic rings. The molecule has 6 heteroatoms. The molecule has 106 valence electrons. The van der Waals surface area contributed by atoms with Gasteiger partial charge in [-0.05, 0) is 37.1 Å². The predicted molar refractivity (Wildman–Crippen MR) is 81.0 cm³/mol. The van der Waals surface area contributed by atoms with Crippen LogP contribution in [0.2, 0.25) is 0 Å². The molecule has 1 heterocycles. The van der Waals surface area contributed by atoms with E-state index in [4.69, 9.17) is 5.73 Å². The molecular formula is C13H20N2O2S2. The summed E-state index contributed by atoms with van der Waals surface area (Å²) in [6, 6.07) is 3.45. The molecule has 0 saturated carbocycles. The van der Waals surface area contributed by atoms with E-state index in [2.05, 4.69) is 6.92 Å². The van der Waals surface area contributed by atoms with Crippen molar-refractivity contribution in [2.45, 2.75) is 30.9 Å². The van der Waals surface area contributed by atoms with Crippen LogP contribution in [0.4, 0.5) is 5.69 Å². The molecule has 2 rings (SSSR count). The van der Waals surface area contributed by atoms with E-state index in [-0.39, 0.29) is 0 Å². The van der Waals surface area contributed by atoms with E-state index in [1.54, 1.807) is 30.3 Å². The summed E-state index contributed by atoms with van der Waals surface area (Å²) >= 11 is 1.82. The van der Waals surface area contributed by atoms with Crippen LogP contribution in [0.15, 0.2) is 17.0 Å². The van der Waals surface area contributed by atoms with Gasteiger partial charge in [-0.15, -0.1) is 0 Å². The molecule has 4 nitrogen and oxygen atoms in total. The average Bonchev–Trinajstić information content (AvgIpc) is 2.26. The maximum absolute atomic E-state index is 12.8. The summed E-state index contributed by atoms with van der Waals surface area (Å²) in [5, 5.41) is 0.345.